The molecule has 2 aliphatic rings. The summed E-state index contributed by atoms with van der Waals surface area (Å²) >= 11 is 0. The van der Waals surface area contributed by atoms with Crippen LogP contribution in [0.1, 0.15) is 42.0 Å². The van der Waals surface area contributed by atoms with Crippen LogP contribution in [-0.4, -0.2) is 35.3 Å². The van der Waals surface area contributed by atoms with Crippen molar-refractivity contribution < 1.29 is 18.0 Å². The van der Waals surface area contributed by atoms with Gasteiger partial charge < -0.3 is 4.90 Å². The molecule has 0 N–H and O–H groups in total. The number of halogens is 3. The van der Waals surface area contributed by atoms with Gasteiger partial charge in [0.1, 0.15) is 0 Å². The molecule has 0 saturated carbocycles. The first kappa shape index (κ1) is 20.0. The van der Waals surface area contributed by atoms with Crippen molar-refractivity contribution in [1.29, 1.82) is 0 Å². The number of nitrogens with zero attached hydrogens (tertiary/aromatic N) is 2. The second-order valence-corrected chi connectivity index (χ2v) is 8.11. The molecule has 3 atom stereocenters. The molecule has 2 heterocycles. The van der Waals surface area contributed by atoms with Gasteiger partial charge in [0, 0.05) is 25.7 Å². The van der Waals surface area contributed by atoms with Crippen molar-refractivity contribution in [3.63, 3.8) is 0 Å². The van der Waals surface area contributed by atoms with E-state index in [4.69, 9.17) is 0 Å². The molecular formula is C23H25F3N2O. The Morgan fingerprint density at radius 1 is 1.10 bits per heavy atom. The topological polar surface area (TPSA) is 23.6 Å². The van der Waals surface area contributed by atoms with Crippen LogP contribution in [0.2, 0.25) is 0 Å². The van der Waals surface area contributed by atoms with Crippen LogP contribution in [0.5, 0.6) is 0 Å². The van der Waals surface area contributed by atoms with Gasteiger partial charge >= 0.3 is 6.18 Å². The molecule has 1 amide bonds. The zero-order chi connectivity index (χ0) is 20.6. The number of hydrogen-bond acceptors (Lipinski definition) is 2. The van der Waals surface area contributed by atoms with E-state index in [-0.39, 0.29) is 23.9 Å². The molecule has 29 heavy (non-hydrogen) atoms. The van der Waals surface area contributed by atoms with Crippen LogP contribution in [0.3, 0.4) is 0 Å². The van der Waals surface area contributed by atoms with Crippen molar-refractivity contribution in [3.8, 4) is 0 Å². The second-order valence-electron chi connectivity index (χ2n) is 8.11. The van der Waals surface area contributed by atoms with Gasteiger partial charge in [-0.2, -0.15) is 13.2 Å². The Morgan fingerprint density at radius 2 is 1.79 bits per heavy atom. The van der Waals surface area contributed by atoms with Crippen LogP contribution >= 0.6 is 0 Å². The number of carbonyl (C=O) groups is 1. The first-order valence-electron chi connectivity index (χ1n) is 10.1. The van der Waals surface area contributed by atoms with Gasteiger partial charge in [-0.25, -0.2) is 0 Å². The largest absolute Gasteiger partial charge is 0.416 e. The molecule has 4 rings (SSSR count). The molecule has 2 aromatic rings. The minimum absolute atomic E-state index is 0.0674. The number of benzene rings is 2. The standard InChI is InChI=1S/C23H25F3N2O/c1-27(15-16-9-11-18(12-10-16)23(24,25)26)22(29)19-14-21(17-6-3-2-4-7-17)28-13-5-8-20(19)28/h2-4,6-7,9-12,19-21H,5,8,13-15H2,1H3/t19-,20+,21-/m1/s1. The second kappa shape index (κ2) is 7.82. The minimum Gasteiger partial charge on any atom is -0.341 e. The predicted molar refractivity (Wildman–Crippen MR) is 105 cm³/mol. The van der Waals surface area contributed by atoms with Gasteiger partial charge in [-0.15, -0.1) is 0 Å². The Labute approximate surface area is 169 Å². The summed E-state index contributed by atoms with van der Waals surface area (Å²) in [5, 5.41) is 0. The Hall–Kier alpha value is -2.34. The van der Waals surface area contributed by atoms with Crippen molar-refractivity contribution in [3.05, 3.63) is 71.3 Å². The van der Waals surface area contributed by atoms with Gasteiger partial charge in [0.2, 0.25) is 5.91 Å². The molecule has 0 aromatic heterocycles. The summed E-state index contributed by atoms with van der Waals surface area (Å²) < 4.78 is 38.2. The molecule has 2 saturated heterocycles. The molecule has 2 aromatic carbocycles. The smallest absolute Gasteiger partial charge is 0.341 e. The fourth-order valence-electron chi connectivity index (χ4n) is 4.87. The Morgan fingerprint density at radius 3 is 2.45 bits per heavy atom. The number of carbonyl (C=O) groups excluding carboxylic acids is 1. The molecule has 2 aliphatic heterocycles. The van der Waals surface area contributed by atoms with Gasteiger partial charge in [0.15, 0.2) is 0 Å². The fraction of sp³-hybridized carbons (Fsp3) is 0.435. The minimum atomic E-state index is -4.34. The molecule has 0 bridgehead atoms. The van der Waals surface area contributed by atoms with E-state index < -0.39 is 11.7 Å². The molecule has 0 unspecified atom stereocenters. The maximum atomic E-state index is 13.2. The van der Waals surface area contributed by atoms with Crippen LogP contribution in [0, 0.1) is 5.92 Å². The molecular weight excluding hydrogens is 377 g/mol. The average Bonchev–Trinajstić information content (AvgIpc) is 3.30. The summed E-state index contributed by atoms with van der Waals surface area (Å²) in [6.45, 7) is 1.33. The molecule has 154 valence electrons. The normalized spacial score (nSPS) is 24.5. The zero-order valence-corrected chi connectivity index (χ0v) is 16.4. The molecule has 0 aliphatic carbocycles. The average molecular weight is 402 g/mol. The SMILES string of the molecule is CN(Cc1ccc(C(F)(F)F)cc1)C(=O)[C@@H]1C[C@H](c2ccccc2)N2CCC[C@@H]12. The van der Waals surface area contributed by atoms with E-state index in [0.717, 1.165) is 37.9 Å². The lowest BCUT2D eigenvalue weighted by Gasteiger charge is -2.26. The van der Waals surface area contributed by atoms with Crippen molar-refractivity contribution in [1.82, 2.24) is 9.80 Å². The summed E-state index contributed by atoms with van der Waals surface area (Å²) in [4.78, 5) is 17.3. The van der Waals surface area contributed by atoms with E-state index in [1.807, 2.05) is 18.2 Å². The lowest BCUT2D eigenvalue weighted by atomic mass is 9.93. The molecule has 2 fully saturated rings. The summed E-state index contributed by atoms with van der Waals surface area (Å²) in [5.74, 6) is 0.0161. The quantitative estimate of drug-likeness (QED) is 0.727. The number of hydrogen-bond donors (Lipinski definition) is 0. The highest BCUT2D eigenvalue weighted by Crippen LogP contribution is 2.45. The molecule has 3 nitrogen and oxygen atoms in total. The van der Waals surface area contributed by atoms with Crippen LogP contribution < -0.4 is 0 Å². The highest BCUT2D eigenvalue weighted by atomic mass is 19.4. The highest BCUT2D eigenvalue weighted by Gasteiger charge is 2.47. The van der Waals surface area contributed by atoms with Crippen LogP contribution in [0.25, 0.3) is 0 Å². The Bertz CT molecular complexity index is 851. The van der Waals surface area contributed by atoms with Crippen molar-refractivity contribution >= 4 is 5.91 Å². The van der Waals surface area contributed by atoms with Gasteiger partial charge in [0.05, 0.1) is 11.5 Å². The van der Waals surface area contributed by atoms with E-state index in [1.54, 1.807) is 11.9 Å². The predicted octanol–water partition coefficient (Wildman–Crippen LogP) is 4.89. The third-order valence-electron chi connectivity index (χ3n) is 6.26. The van der Waals surface area contributed by atoms with Crippen LogP contribution in [0.4, 0.5) is 13.2 Å². The van der Waals surface area contributed by atoms with Gasteiger partial charge in [0.25, 0.3) is 0 Å². The number of amides is 1. The highest BCUT2D eigenvalue weighted by molar-refractivity contribution is 5.80. The van der Waals surface area contributed by atoms with E-state index in [0.29, 0.717) is 12.1 Å². The number of fused-ring (bicyclic) bond motifs is 1. The Balaban J connectivity index is 1.46. The van der Waals surface area contributed by atoms with Gasteiger partial charge in [-0.3, -0.25) is 9.69 Å². The summed E-state index contributed by atoms with van der Waals surface area (Å²) in [6, 6.07) is 15.9. The van der Waals surface area contributed by atoms with Crippen molar-refractivity contribution in [2.45, 2.75) is 44.1 Å². The summed E-state index contributed by atoms with van der Waals surface area (Å²) in [6.07, 6.45) is -1.43. The Kier molecular flexibility index (Phi) is 5.38. The first-order chi connectivity index (χ1) is 13.8. The summed E-state index contributed by atoms with van der Waals surface area (Å²) in [7, 11) is 1.75. The van der Waals surface area contributed by atoms with Gasteiger partial charge in [-0.1, -0.05) is 42.5 Å². The molecule has 0 spiro atoms. The fourth-order valence-corrected chi connectivity index (χ4v) is 4.87. The number of alkyl halides is 3. The first-order valence-corrected chi connectivity index (χ1v) is 10.1. The van der Waals surface area contributed by atoms with E-state index >= 15 is 0 Å². The third-order valence-corrected chi connectivity index (χ3v) is 6.26. The molecule has 0 radical (unpaired) electrons. The van der Waals surface area contributed by atoms with Crippen LogP contribution in [-0.2, 0) is 17.5 Å². The lowest BCUT2D eigenvalue weighted by Crippen LogP contribution is -2.38. The van der Waals surface area contributed by atoms with E-state index in [9.17, 15) is 18.0 Å². The lowest BCUT2D eigenvalue weighted by molar-refractivity contribution is -0.138. The third kappa shape index (κ3) is 4.04. The van der Waals surface area contributed by atoms with Crippen LogP contribution in [0.15, 0.2) is 54.6 Å². The summed E-state index contributed by atoms with van der Waals surface area (Å²) in [5.41, 5.74) is 1.29. The van der Waals surface area contributed by atoms with Gasteiger partial charge in [-0.05, 0) is 49.1 Å². The van der Waals surface area contributed by atoms with E-state index in [2.05, 4.69) is 17.0 Å². The molecule has 6 heteroatoms. The maximum absolute atomic E-state index is 13.2. The van der Waals surface area contributed by atoms with Crippen molar-refractivity contribution in [2.24, 2.45) is 5.92 Å². The van der Waals surface area contributed by atoms with Crippen molar-refractivity contribution in [2.75, 3.05) is 13.6 Å². The zero-order valence-electron chi connectivity index (χ0n) is 16.4. The monoisotopic (exact) mass is 402 g/mol. The maximum Gasteiger partial charge on any atom is 0.416 e. The van der Waals surface area contributed by atoms with E-state index in [1.165, 1.54) is 17.7 Å². The number of rotatable bonds is 4.